The molecule has 0 fully saturated rings. The van der Waals surface area contributed by atoms with Crippen molar-refractivity contribution in [3.8, 4) is 0 Å². The van der Waals surface area contributed by atoms with E-state index in [1.54, 1.807) is 17.9 Å². The van der Waals surface area contributed by atoms with E-state index in [2.05, 4.69) is 15.8 Å². The van der Waals surface area contributed by atoms with Gasteiger partial charge in [0.1, 0.15) is 0 Å². The molecule has 8 nitrogen and oxygen atoms in total. The second kappa shape index (κ2) is 5.59. The van der Waals surface area contributed by atoms with Crippen molar-refractivity contribution in [2.75, 3.05) is 6.54 Å². The van der Waals surface area contributed by atoms with Crippen molar-refractivity contribution in [3.63, 3.8) is 0 Å². The molecule has 0 spiro atoms. The number of hydrazine groups is 1. The third kappa shape index (κ3) is 2.52. The Morgan fingerprint density at radius 3 is 2.60 bits per heavy atom. The fourth-order valence-corrected chi connectivity index (χ4v) is 2.02. The van der Waals surface area contributed by atoms with Gasteiger partial charge in [-0.15, -0.1) is 0 Å². The summed E-state index contributed by atoms with van der Waals surface area (Å²) in [7, 11) is 3.08. The highest BCUT2D eigenvalue weighted by atomic mass is 16.2. The molecule has 8 heteroatoms. The van der Waals surface area contributed by atoms with Gasteiger partial charge in [-0.05, 0) is 13.8 Å². The number of aromatic nitrogens is 4. The van der Waals surface area contributed by atoms with Crippen LogP contribution in [0.5, 0.6) is 0 Å². The molecule has 0 amide bonds. The number of rotatable bonds is 5. The maximum atomic E-state index is 12.2. The molecule has 2 N–H and O–H groups in total. The van der Waals surface area contributed by atoms with Crippen LogP contribution >= 0.6 is 0 Å². The number of hydrogen-bond donors (Lipinski definition) is 2. The monoisotopic (exact) mass is 280 g/mol. The zero-order valence-electron chi connectivity index (χ0n) is 12.2. The van der Waals surface area contributed by atoms with Crippen molar-refractivity contribution >= 4 is 11.2 Å². The van der Waals surface area contributed by atoms with E-state index in [4.69, 9.17) is 0 Å². The Kier molecular flexibility index (Phi) is 4.05. The molecule has 110 valence electrons. The number of imidazole rings is 1. The van der Waals surface area contributed by atoms with E-state index in [0.29, 0.717) is 30.3 Å². The van der Waals surface area contributed by atoms with Gasteiger partial charge in [0.05, 0.1) is 6.33 Å². The number of hydrogen-bond acceptors (Lipinski definition) is 5. The van der Waals surface area contributed by atoms with Gasteiger partial charge in [0.15, 0.2) is 11.2 Å². The molecule has 0 radical (unpaired) electrons. The molecule has 0 bridgehead atoms. The molecule has 0 atom stereocenters. The Bertz CT molecular complexity index is 724. The fraction of sp³-hybridized carbons (Fsp3) is 0.583. The van der Waals surface area contributed by atoms with E-state index in [-0.39, 0.29) is 11.2 Å². The largest absolute Gasteiger partial charge is 0.332 e. The lowest BCUT2D eigenvalue weighted by Crippen LogP contribution is -2.40. The van der Waals surface area contributed by atoms with Crippen molar-refractivity contribution in [2.24, 2.45) is 14.1 Å². The van der Waals surface area contributed by atoms with E-state index in [9.17, 15) is 9.59 Å². The minimum atomic E-state index is -0.368. The highest BCUT2D eigenvalue weighted by Gasteiger charge is 2.13. The minimum Gasteiger partial charge on any atom is -0.323 e. The van der Waals surface area contributed by atoms with Crippen LogP contribution in [0.25, 0.3) is 11.2 Å². The van der Waals surface area contributed by atoms with Gasteiger partial charge in [-0.25, -0.2) is 9.78 Å². The summed E-state index contributed by atoms with van der Waals surface area (Å²) in [5.41, 5.74) is 6.32. The standard InChI is InChI=1S/C12H20N6O2/c1-8(2)15-14-5-6-18-7-13-10-9(18)11(19)17(4)12(20)16(10)3/h7-8,14-15H,5-6H2,1-4H3. The summed E-state index contributed by atoms with van der Waals surface area (Å²) in [6, 6.07) is 0.336. The Labute approximate surface area is 116 Å². The van der Waals surface area contributed by atoms with Gasteiger partial charge in [0.2, 0.25) is 0 Å². The van der Waals surface area contributed by atoms with Gasteiger partial charge in [-0.1, -0.05) is 0 Å². The molecule has 0 aromatic carbocycles. The predicted octanol–water partition coefficient (Wildman–Crippen LogP) is -1.06. The van der Waals surface area contributed by atoms with Gasteiger partial charge in [0, 0.05) is 33.2 Å². The zero-order valence-corrected chi connectivity index (χ0v) is 12.2. The second-order valence-corrected chi connectivity index (χ2v) is 5.04. The Balaban J connectivity index is 2.33. The molecule has 2 aromatic rings. The van der Waals surface area contributed by atoms with Crippen LogP contribution in [0.15, 0.2) is 15.9 Å². The average Bonchev–Trinajstić information content (AvgIpc) is 2.82. The quantitative estimate of drug-likeness (QED) is 0.538. The minimum absolute atomic E-state index is 0.322. The van der Waals surface area contributed by atoms with Crippen LogP contribution in [0.2, 0.25) is 0 Å². The van der Waals surface area contributed by atoms with Gasteiger partial charge in [0.25, 0.3) is 5.56 Å². The molecule has 2 heterocycles. The number of nitrogens with one attached hydrogen (secondary N) is 2. The first kappa shape index (κ1) is 14.5. The summed E-state index contributed by atoms with van der Waals surface area (Å²) in [5.74, 6) is 0. The van der Waals surface area contributed by atoms with E-state index >= 15 is 0 Å². The molecular formula is C12H20N6O2. The molecule has 0 unspecified atom stereocenters. The Hall–Kier alpha value is -1.93. The van der Waals surface area contributed by atoms with Crippen molar-refractivity contribution in [1.82, 2.24) is 29.5 Å². The van der Waals surface area contributed by atoms with Gasteiger partial charge in [-0.2, -0.15) is 0 Å². The normalized spacial score (nSPS) is 11.7. The summed E-state index contributed by atoms with van der Waals surface area (Å²) in [5, 5.41) is 0. The topological polar surface area (TPSA) is 85.9 Å². The highest BCUT2D eigenvalue weighted by Crippen LogP contribution is 2.04. The van der Waals surface area contributed by atoms with Crippen LogP contribution in [0.1, 0.15) is 13.8 Å². The summed E-state index contributed by atoms with van der Waals surface area (Å²) < 4.78 is 4.24. The van der Waals surface area contributed by atoms with Crippen LogP contribution < -0.4 is 22.1 Å². The lowest BCUT2D eigenvalue weighted by Gasteiger charge is -2.10. The van der Waals surface area contributed by atoms with Gasteiger partial charge >= 0.3 is 5.69 Å². The lowest BCUT2D eigenvalue weighted by molar-refractivity contribution is 0.456. The first-order valence-electron chi connectivity index (χ1n) is 6.52. The summed E-state index contributed by atoms with van der Waals surface area (Å²) in [4.78, 5) is 28.1. The zero-order chi connectivity index (χ0) is 14.9. The highest BCUT2D eigenvalue weighted by molar-refractivity contribution is 5.69. The first-order valence-corrected chi connectivity index (χ1v) is 6.52. The van der Waals surface area contributed by atoms with Crippen molar-refractivity contribution in [1.29, 1.82) is 0 Å². The van der Waals surface area contributed by atoms with Crippen LogP contribution in [-0.4, -0.2) is 31.3 Å². The smallest absolute Gasteiger partial charge is 0.323 e. The SMILES string of the molecule is CC(C)NNCCn1cnc2c1c(=O)n(C)c(=O)n2C. The third-order valence-electron chi connectivity index (χ3n) is 3.09. The molecular weight excluding hydrogens is 260 g/mol. The molecule has 0 aliphatic carbocycles. The molecule has 2 aromatic heterocycles. The van der Waals surface area contributed by atoms with Crippen molar-refractivity contribution in [3.05, 3.63) is 27.2 Å². The second-order valence-electron chi connectivity index (χ2n) is 5.04. The number of aryl methyl sites for hydroxylation is 1. The van der Waals surface area contributed by atoms with Crippen molar-refractivity contribution < 1.29 is 0 Å². The molecule has 2 rings (SSSR count). The predicted molar refractivity (Wildman–Crippen MR) is 76.5 cm³/mol. The van der Waals surface area contributed by atoms with E-state index in [1.807, 2.05) is 13.8 Å². The average molecular weight is 280 g/mol. The Morgan fingerprint density at radius 2 is 1.95 bits per heavy atom. The molecule has 0 saturated carbocycles. The third-order valence-corrected chi connectivity index (χ3v) is 3.09. The number of nitrogens with zero attached hydrogens (tertiary/aromatic N) is 4. The summed E-state index contributed by atoms with van der Waals surface area (Å²) in [6.07, 6.45) is 1.59. The molecule has 20 heavy (non-hydrogen) atoms. The first-order chi connectivity index (χ1) is 9.43. The maximum absolute atomic E-state index is 12.2. The number of fused-ring (bicyclic) bond motifs is 1. The lowest BCUT2D eigenvalue weighted by atomic mass is 10.4. The van der Waals surface area contributed by atoms with Crippen LogP contribution in [0, 0.1) is 0 Å². The van der Waals surface area contributed by atoms with Crippen molar-refractivity contribution in [2.45, 2.75) is 26.4 Å². The van der Waals surface area contributed by atoms with E-state index in [0.717, 1.165) is 4.57 Å². The Morgan fingerprint density at radius 1 is 1.25 bits per heavy atom. The van der Waals surface area contributed by atoms with Gasteiger partial charge in [-0.3, -0.25) is 24.8 Å². The maximum Gasteiger partial charge on any atom is 0.332 e. The molecule has 0 saturated heterocycles. The van der Waals surface area contributed by atoms with E-state index < -0.39 is 0 Å². The van der Waals surface area contributed by atoms with Gasteiger partial charge < -0.3 is 4.57 Å². The van der Waals surface area contributed by atoms with Crippen LogP contribution in [0.4, 0.5) is 0 Å². The van der Waals surface area contributed by atoms with E-state index in [1.165, 1.54) is 11.6 Å². The fourth-order valence-electron chi connectivity index (χ4n) is 2.02. The van der Waals surface area contributed by atoms with Crippen LogP contribution in [0.3, 0.4) is 0 Å². The molecule has 0 aliphatic rings. The summed E-state index contributed by atoms with van der Waals surface area (Å²) >= 11 is 0. The molecule has 0 aliphatic heterocycles. The van der Waals surface area contributed by atoms with Crippen LogP contribution in [-0.2, 0) is 20.6 Å². The summed E-state index contributed by atoms with van der Waals surface area (Å²) in [6.45, 7) is 5.30.